The zero-order valence-corrected chi connectivity index (χ0v) is 11.4. The minimum Gasteiger partial charge on any atom is -0.493 e. The molecule has 4 heteroatoms. The van der Waals surface area contributed by atoms with Crippen molar-refractivity contribution in [2.45, 2.75) is 25.8 Å². The van der Waals surface area contributed by atoms with E-state index >= 15 is 0 Å². The van der Waals surface area contributed by atoms with E-state index in [1.165, 1.54) is 5.56 Å². The van der Waals surface area contributed by atoms with Crippen molar-refractivity contribution >= 4 is 5.69 Å². The van der Waals surface area contributed by atoms with Gasteiger partial charge in [0.25, 0.3) is 0 Å². The number of aryl methyl sites for hydroxylation is 1. The summed E-state index contributed by atoms with van der Waals surface area (Å²) in [4.78, 5) is 0. The molecule has 1 aromatic rings. The normalized spacial score (nSPS) is 16.4. The van der Waals surface area contributed by atoms with Crippen molar-refractivity contribution in [1.29, 1.82) is 0 Å². The van der Waals surface area contributed by atoms with Crippen LogP contribution in [0.1, 0.15) is 18.4 Å². The third kappa shape index (κ3) is 2.88. The molecule has 1 fully saturated rings. The Morgan fingerprint density at radius 3 is 2.33 bits per heavy atom. The Labute approximate surface area is 109 Å². The Morgan fingerprint density at radius 2 is 1.72 bits per heavy atom. The van der Waals surface area contributed by atoms with Crippen LogP contribution in [0.2, 0.25) is 0 Å². The Kier molecular flexibility index (Phi) is 4.31. The minimum absolute atomic E-state index is 0.544. The van der Waals surface area contributed by atoms with Gasteiger partial charge in [-0.15, -0.1) is 0 Å². The lowest BCUT2D eigenvalue weighted by Crippen LogP contribution is -2.35. The van der Waals surface area contributed by atoms with Crippen LogP contribution in [0.5, 0.6) is 11.5 Å². The number of piperidine rings is 1. The lowest BCUT2D eigenvalue weighted by atomic mass is 10.1. The fourth-order valence-corrected chi connectivity index (χ4v) is 2.32. The van der Waals surface area contributed by atoms with E-state index in [9.17, 15) is 0 Å². The number of rotatable bonds is 4. The first-order valence-corrected chi connectivity index (χ1v) is 6.44. The smallest absolute Gasteiger partial charge is 0.162 e. The number of methoxy groups -OCH3 is 2. The summed E-state index contributed by atoms with van der Waals surface area (Å²) in [5, 5.41) is 6.97. The van der Waals surface area contributed by atoms with Crippen LogP contribution >= 0.6 is 0 Å². The number of ether oxygens (including phenoxy) is 2. The zero-order valence-electron chi connectivity index (χ0n) is 11.4. The van der Waals surface area contributed by atoms with Crippen LogP contribution in [-0.2, 0) is 0 Å². The largest absolute Gasteiger partial charge is 0.493 e. The van der Waals surface area contributed by atoms with E-state index in [1.807, 2.05) is 12.1 Å². The number of nitrogens with one attached hydrogen (secondary N) is 2. The van der Waals surface area contributed by atoms with E-state index in [2.05, 4.69) is 17.6 Å². The molecule has 1 aliphatic rings. The van der Waals surface area contributed by atoms with E-state index in [1.54, 1.807) is 14.2 Å². The molecule has 0 atom stereocenters. The van der Waals surface area contributed by atoms with Crippen molar-refractivity contribution < 1.29 is 9.47 Å². The highest BCUT2D eigenvalue weighted by molar-refractivity contribution is 5.60. The van der Waals surface area contributed by atoms with Gasteiger partial charge in [0.15, 0.2) is 11.5 Å². The quantitative estimate of drug-likeness (QED) is 0.859. The van der Waals surface area contributed by atoms with Crippen molar-refractivity contribution in [2.24, 2.45) is 0 Å². The Bertz CT molecular complexity index is 401. The van der Waals surface area contributed by atoms with E-state index in [-0.39, 0.29) is 0 Å². The average molecular weight is 250 g/mol. The summed E-state index contributed by atoms with van der Waals surface area (Å²) < 4.78 is 10.6. The first-order chi connectivity index (χ1) is 8.74. The third-order valence-electron chi connectivity index (χ3n) is 3.43. The highest BCUT2D eigenvalue weighted by atomic mass is 16.5. The number of anilines is 1. The predicted molar refractivity (Wildman–Crippen MR) is 73.8 cm³/mol. The second-order valence-corrected chi connectivity index (χ2v) is 4.69. The zero-order chi connectivity index (χ0) is 13.0. The van der Waals surface area contributed by atoms with Gasteiger partial charge < -0.3 is 20.1 Å². The van der Waals surface area contributed by atoms with Crippen molar-refractivity contribution in [3.8, 4) is 11.5 Å². The molecule has 0 aromatic heterocycles. The first-order valence-electron chi connectivity index (χ1n) is 6.44. The van der Waals surface area contributed by atoms with Gasteiger partial charge >= 0.3 is 0 Å². The Hall–Kier alpha value is -1.42. The molecule has 0 unspecified atom stereocenters. The molecule has 0 aliphatic carbocycles. The minimum atomic E-state index is 0.544. The fraction of sp³-hybridized carbons (Fsp3) is 0.571. The summed E-state index contributed by atoms with van der Waals surface area (Å²) >= 11 is 0. The number of benzene rings is 1. The molecule has 18 heavy (non-hydrogen) atoms. The molecule has 0 radical (unpaired) electrons. The van der Waals surface area contributed by atoms with Crippen LogP contribution in [0.25, 0.3) is 0 Å². The van der Waals surface area contributed by atoms with Gasteiger partial charge in [-0.1, -0.05) is 0 Å². The summed E-state index contributed by atoms with van der Waals surface area (Å²) in [5.74, 6) is 1.56. The molecule has 1 heterocycles. The first kappa shape index (κ1) is 13.0. The van der Waals surface area contributed by atoms with Crippen LogP contribution < -0.4 is 20.1 Å². The highest BCUT2D eigenvalue weighted by Crippen LogP contribution is 2.33. The summed E-state index contributed by atoms with van der Waals surface area (Å²) in [5.41, 5.74) is 2.32. The molecule has 100 valence electrons. The van der Waals surface area contributed by atoms with Crippen LogP contribution in [0.3, 0.4) is 0 Å². The topological polar surface area (TPSA) is 42.5 Å². The molecular formula is C14H22N2O2. The molecule has 0 amide bonds. The molecule has 0 spiro atoms. The van der Waals surface area contributed by atoms with Crippen molar-refractivity contribution in [3.05, 3.63) is 17.7 Å². The third-order valence-corrected chi connectivity index (χ3v) is 3.43. The van der Waals surface area contributed by atoms with Crippen LogP contribution in [0, 0.1) is 6.92 Å². The van der Waals surface area contributed by atoms with Crippen LogP contribution in [0.4, 0.5) is 5.69 Å². The molecule has 0 bridgehead atoms. The predicted octanol–water partition coefficient (Wildman–Crippen LogP) is 2.18. The van der Waals surface area contributed by atoms with E-state index < -0.39 is 0 Å². The van der Waals surface area contributed by atoms with Gasteiger partial charge in [0.1, 0.15) is 0 Å². The van der Waals surface area contributed by atoms with Crippen LogP contribution in [0.15, 0.2) is 12.1 Å². The summed E-state index contributed by atoms with van der Waals surface area (Å²) in [6, 6.07) is 4.58. The van der Waals surface area contributed by atoms with Gasteiger partial charge in [0.05, 0.1) is 14.2 Å². The van der Waals surface area contributed by atoms with Crippen molar-refractivity contribution in [2.75, 3.05) is 32.6 Å². The maximum atomic E-state index is 5.34. The molecule has 1 saturated heterocycles. The number of hydrogen-bond acceptors (Lipinski definition) is 4. The monoisotopic (exact) mass is 250 g/mol. The van der Waals surface area contributed by atoms with E-state index in [4.69, 9.17) is 9.47 Å². The SMILES string of the molecule is COc1cc(C)c(NC2CCNCC2)cc1OC. The maximum absolute atomic E-state index is 5.34. The standard InChI is InChI=1S/C14H22N2O2/c1-10-8-13(17-2)14(18-3)9-12(10)16-11-4-6-15-7-5-11/h8-9,11,15-16H,4-7H2,1-3H3. The van der Waals surface area contributed by atoms with Gasteiger partial charge in [0, 0.05) is 17.8 Å². The maximum Gasteiger partial charge on any atom is 0.162 e. The lowest BCUT2D eigenvalue weighted by Gasteiger charge is -2.26. The fourth-order valence-electron chi connectivity index (χ4n) is 2.32. The Balaban J connectivity index is 2.16. The molecule has 2 rings (SSSR count). The molecular weight excluding hydrogens is 228 g/mol. The highest BCUT2D eigenvalue weighted by Gasteiger charge is 2.15. The van der Waals surface area contributed by atoms with Gasteiger partial charge in [0.2, 0.25) is 0 Å². The van der Waals surface area contributed by atoms with Gasteiger partial charge in [-0.3, -0.25) is 0 Å². The van der Waals surface area contributed by atoms with Crippen molar-refractivity contribution in [1.82, 2.24) is 5.32 Å². The van der Waals surface area contributed by atoms with E-state index in [0.29, 0.717) is 6.04 Å². The summed E-state index contributed by atoms with van der Waals surface area (Å²) in [6.45, 7) is 4.26. The van der Waals surface area contributed by atoms with Gasteiger partial charge in [-0.25, -0.2) is 0 Å². The molecule has 0 saturated carbocycles. The van der Waals surface area contributed by atoms with Gasteiger partial charge in [-0.2, -0.15) is 0 Å². The second kappa shape index (κ2) is 5.96. The van der Waals surface area contributed by atoms with Crippen LogP contribution in [-0.4, -0.2) is 33.4 Å². The van der Waals surface area contributed by atoms with Crippen molar-refractivity contribution in [3.63, 3.8) is 0 Å². The average Bonchev–Trinajstić information content (AvgIpc) is 2.41. The van der Waals surface area contributed by atoms with Gasteiger partial charge in [-0.05, 0) is 44.5 Å². The molecule has 4 nitrogen and oxygen atoms in total. The summed E-state index contributed by atoms with van der Waals surface area (Å²) in [7, 11) is 3.33. The lowest BCUT2D eigenvalue weighted by molar-refractivity contribution is 0.355. The molecule has 1 aromatic carbocycles. The number of hydrogen-bond donors (Lipinski definition) is 2. The molecule has 2 N–H and O–H groups in total. The Morgan fingerprint density at radius 1 is 1.11 bits per heavy atom. The molecule has 1 aliphatic heterocycles. The summed E-state index contributed by atoms with van der Waals surface area (Å²) in [6.07, 6.45) is 2.32. The van der Waals surface area contributed by atoms with E-state index in [0.717, 1.165) is 43.1 Å². The second-order valence-electron chi connectivity index (χ2n) is 4.69.